The monoisotopic (exact) mass is 276 g/mol. The van der Waals surface area contributed by atoms with Crippen LogP contribution < -0.4 is 17.0 Å². The molecule has 5 N–H and O–H groups in total. The molecular formula is C16H28N4. The molecule has 1 aliphatic rings. The van der Waals surface area contributed by atoms with E-state index in [1.54, 1.807) is 6.20 Å². The Morgan fingerprint density at radius 3 is 2.45 bits per heavy atom. The maximum Gasteiger partial charge on any atom is 0.126 e. The summed E-state index contributed by atoms with van der Waals surface area (Å²) >= 11 is 0. The van der Waals surface area contributed by atoms with Gasteiger partial charge in [0.1, 0.15) is 5.82 Å². The number of anilines is 1. The molecule has 20 heavy (non-hydrogen) atoms. The maximum atomic E-state index is 5.94. The van der Waals surface area contributed by atoms with E-state index in [1.165, 1.54) is 25.7 Å². The third-order valence-electron chi connectivity index (χ3n) is 4.91. The molecule has 112 valence electrons. The van der Waals surface area contributed by atoms with E-state index < -0.39 is 0 Å². The molecule has 0 bridgehead atoms. The number of hydrazine groups is 1. The second-order valence-corrected chi connectivity index (χ2v) is 6.44. The lowest BCUT2D eigenvalue weighted by Crippen LogP contribution is -2.44. The third-order valence-corrected chi connectivity index (χ3v) is 4.91. The number of nitrogen functional groups attached to an aromatic ring is 1. The van der Waals surface area contributed by atoms with Crippen molar-refractivity contribution in [2.24, 2.45) is 23.6 Å². The molecule has 0 amide bonds. The highest BCUT2D eigenvalue weighted by Crippen LogP contribution is 2.35. The number of hydrogen-bond donors (Lipinski definition) is 3. The van der Waals surface area contributed by atoms with Gasteiger partial charge in [0.2, 0.25) is 0 Å². The lowest BCUT2D eigenvalue weighted by molar-refractivity contribution is 0.188. The molecule has 4 nitrogen and oxygen atoms in total. The van der Waals surface area contributed by atoms with Gasteiger partial charge < -0.3 is 5.73 Å². The first kappa shape index (κ1) is 15.3. The normalized spacial score (nSPS) is 24.8. The fourth-order valence-electron chi connectivity index (χ4n) is 3.44. The summed E-state index contributed by atoms with van der Waals surface area (Å²) < 4.78 is 0. The van der Waals surface area contributed by atoms with Crippen molar-refractivity contribution in [3.63, 3.8) is 0 Å². The predicted octanol–water partition coefficient (Wildman–Crippen LogP) is 2.50. The molecule has 2 rings (SSSR count). The zero-order chi connectivity index (χ0) is 14.5. The minimum atomic E-state index is 0.301. The van der Waals surface area contributed by atoms with Crippen molar-refractivity contribution in [3.05, 3.63) is 23.9 Å². The molecule has 1 atom stereocenters. The lowest BCUT2D eigenvalue weighted by atomic mass is 9.74. The highest BCUT2D eigenvalue weighted by molar-refractivity contribution is 5.38. The molecule has 4 heteroatoms. The van der Waals surface area contributed by atoms with Gasteiger partial charge in [0.25, 0.3) is 0 Å². The topological polar surface area (TPSA) is 77.0 Å². The summed E-state index contributed by atoms with van der Waals surface area (Å²) in [5.74, 6) is 8.74. The largest absolute Gasteiger partial charge is 0.383 e. The van der Waals surface area contributed by atoms with Crippen LogP contribution in [0.4, 0.5) is 5.82 Å². The number of pyridine rings is 1. The smallest absolute Gasteiger partial charge is 0.126 e. The molecular weight excluding hydrogens is 248 g/mol. The van der Waals surface area contributed by atoms with E-state index in [0.29, 0.717) is 17.8 Å². The van der Waals surface area contributed by atoms with E-state index in [-0.39, 0.29) is 0 Å². The van der Waals surface area contributed by atoms with Gasteiger partial charge in [-0.2, -0.15) is 0 Å². The van der Waals surface area contributed by atoms with Gasteiger partial charge in [-0.25, -0.2) is 4.98 Å². The van der Waals surface area contributed by atoms with Crippen molar-refractivity contribution in [2.75, 3.05) is 5.73 Å². The van der Waals surface area contributed by atoms with E-state index >= 15 is 0 Å². The fourth-order valence-corrected chi connectivity index (χ4v) is 3.44. The molecule has 0 aliphatic heterocycles. The van der Waals surface area contributed by atoms with Crippen LogP contribution in [-0.2, 0) is 6.42 Å². The first-order chi connectivity index (χ1) is 9.61. The van der Waals surface area contributed by atoms with Crippen LogP contribution in [0.25, 0.3) is 0 Å². The number of nitrogens with zero attached hydrogens (tertiary/aromatic N) is 1. The Labute approximate surface area is 122 Å². The SMILES string of the molecule is CC(C)C1CCC(C(Cc2cccnc2N)NN)CC1. The van der Waals surface area contributed by atoms with Gasteiger partial charge in [0, 0.05) is 12.2 Å². The highest BCUT2D eigenvalue weighted by atomic mass is 15.2. The van der Waals surface area contributed by atoms with Gasteiger partial charge in [-0.1, -0.05) is 19.9 Å². The Kier molecular flexibility index (Phi) is 5.38. The van der Waals surface area contributed by atoms with Crippen LogP contribution in [0.15, 0.2) is 18.3 Å². The number of nitrogens with two attached hydrogens (primary N) is 2. The van der Waals surface area contributed by atoms with Gasteiger partial charge in [-0.05, 0) is 61.5 Å². The van der Waals surface area contributed by atoms with Gasteiger partial charge in [0.15, 0.2) is 0 Å². The van der Waals surface area contributed by atoms with E-state index in [4.69, 9.17) is 11.6 Å². The van der Waals surface area contributed by atoms with Crippen molar-refractivity contribution in [1.29, 1.82) is 0 Å². The average Bonchev–Trinajstić information content (AvgIpc) is 2.46. The van der Waals surface area contributed by atoms with Gasteiger partial charge in [-0.3, -0.25) is 11.3 Å². The molecule has 1 unspecified atom stereocenters. The zero-order valence-corrected chi connectivity index (χ0v) is 12.7. The second kappa shape index (κ2) is 7.04. The first-order valence-corrected chi connectivity index (χ1v) is 7.77. The van der Waals surface area contributed by atoms with Crippen molar-refractivity contribution in [2.45, 2.75) is 52.0 Å². The Morgan fingerprint density at radius 1 is 1.25 bits per heavy atom. The van der Waals surface area contributed by atoms with Crippen molar-refractivity contribution in [3.8, 4) is 0 Å². The quantitative estimate of drug-likeness (QED) is 0.570. The number of nitrogens with one attached hydrogen (secondary N) is 1. The van der Waals surface area contributed by atoms with Gasteiger partial charge >= 0.3 is 0 Å². The van der Waals surface area contributed by atoms with Crippen LogP contribution in [0, 0.1) is 17.8 Å². The van der Waals surface area contributed by atoms with Crippen molar-refractivity contribution in [1.82, 2.24) is 10.4 Å². The summed E-state index contributed by atoms with van der Waals surface area (Å²) in [6.07, 6.45) is 7.77. The summed E-state index contributed by atoms with van der Waals surface area (Å²) in [6.45, 7) is 4.67. The van der Waals surface area contributed by atoms with Crippen molar-refractivity contribution >= 4 is 5.82 Å². The predicted molar refractivity (Wildman–Crippen MR) is 83.8 cm³/mol. The molecule has 1 saturated carbocycles. The van der Waals surface area contributed by atoms with Crippen LogP contribution in [0.3, 0.4) is 0 Å². The van der Waals surface area contributed by atoms with E-state index in [9.17, 15) is 0 Å². The average molecular weight is 276 g/mol. The maximum absolute atomic E-state index is 5.94. The van der Waals surface area contributed by atoms with Crippen LogP contribution in [-0.4, -0.2) is 11.0 Å². The number of aromatic nitrogens is 1. The molecule has 0 radical (unpaired) electrons. The fraction of sp³-hybridized carbons (Fsp3) is 0.688. The van der Waals surface area contributed by atoms with Crippen LogP contribution >= 0.6 is 0 Å². The van der Waals surface area contributed by atoms with E-state index in [1.807, 2.05) is 12.1 Å². The molecule has 0 spiro atoms. The summed E-state index contributed by atoms with van der Waals surface area (Å²) in [4.78, 5) is 4.16. The minimum absolute atomic E-state index is 0.301. The molecule has 1 fully saturated rings. The minimum Gasteiger partial charge on any atom is -0.383 e. The Hall–Kier alpha value is -1.13. The summed E-state index contributed by atoms with van der Waals surface area (Å²) in [5.41, 5.74) is 10.0. The summed E-state index contributed by atoms with van der Waals surface area (Å²) in [6, 6.07) is 4.29. The zero-order valence-electron chi connectivity index (χ0n) is 12.7. The molecule has 1 aromatic rings. The second-order valence-electron chi connectivity index (χ2n) is 6.44. The third kappa shape index (κ3) is 3.70. The Bertz CT molecular complexity index is 411. The highest BCUT2D eigenvalue weighted by Gasteiger charge is 2.28. The molecule has 0 saturated heterocycles. The first-order valence-electron chi connectivity index (χ1n) is 7.77. The van der Waals surface area contributed by atoms with Crippen molar-refractivity contribution < 1.29 is 0 Å². The Balaban J connectivity index is 1.95. The van der Waals surface area contributed by atoms with Crippen LogP contribution in [0.2, 0.25) is 0 Å². The molecule has 1 aliphatic carbocycles. The summed E-state index contributed by atoms with van der Waals surface area (Å²) in [5, 5.41) is 0. The standard InChI is InChI=1S/C16H28N4/c1-11(2)12-5-7-13(8-6-12)15(20-18)10-14-4-3-9-19-16(14)17/h3-4,9,11-13,15,20H,5-8,10,18H2,1-2H3,(H2,17,19). The Morgan fingerprint density at radius 2 is 1.90 bits per heavy atom. The van der Waals surface area contributed by atoms with E-state index in [2.05, 4.69) is 24.3 Å². The number of rotatable bonds is 5. The van der Waals surface area contributed by atoms with Gasteiger partial charge in [0.05, 0.1) is 0 Å². The van der Waals surface area contributed by atoms with Gasteiger partial charge in [-0.15, -0.1) is 0 Å². The summed E-state index contributed by atoms with van der Waals surface area (Å²) in [7, 11) is 0. The lowest BCUT2D eigenvalue weighted by Gasteiger charge is -2.35. The van der Waals surface area contributed by atoms with E-state index in [0.717, 1.165) is 23.8 Å². The van der Waals surface area contributed by atoms with Crippen LogP contribution in [0.1, 0.15) is 45.1 Å². The number of hydrogen-bond acceptors (Lipinski definition) is 4. The molecule has 1 heterocycles. The molecule has 0 aromatic carbocycles. The van der Waals surface area contributed by atoms with Crippen LogP contribution in [0.5, 0.6) is 0 Å². The molecule has 1 aromatic heterocycles.